The number of carbonyl (C=O) groups is 1. The number of amides is 1. The molecule has 2 N–H and O–H groups in total. The van der Waals surface area contributed by atoms with Crippen LogP contribution in [0.4, 0.5) is 5.69 Å². The van der Waals surface area contributed by atoms with Crippen LogP contribution in [0.15, 0.2) is 18.2 Å². The van der Waals surface area contributed by atoms with Gasteiger partial charge in [-0.3, -0.25) is 4.79 Å². The lowest BCUT2D eigenvalue weighted by atomic mass is 9.89. The van der Waals surface area contributed by atoms with Gasteiger partial charge in [-0.05, 0) is 68.9 Å². The van der Waals surface area contributed by atoms with Crippen molar-refractivity contribution in [2.45, 2.75) is 64.0 Å². The van der Waals surface area contributed by atoms with E-state index in [2.05, 4.69) is 17.6 Å². The van der Waals surface area contributed by atoms with Crippen LogP contribution >= 0.6 is 0 Å². The maximum absolute atomic E-state index is 12.5. The van der Waals surface area contributed by atoms with Crippen molar-refractivity contribution in [1.29, 1.82) is 0 Å². The maximum atomic E-state index is 12.5. The molecule has 3 heterocycles. The van der Waals surface area contributed by atoms with E-state index in [1.165, 1.54) is 12.8 Å². The van der Waals surface area contributed by atoms with E-state index in [1.54, 1.807) is 0 Å². The lowest BCUT2D eigenvalue weighted by Gasteiger charge is -2.28. The molecule has 0 spiro atoms. The van der Waals surface area contributed by atoms with Gasteiger partial charge in [0.05, 0.1) is 6.61 Å². The van der Waals surface area contributed by atoms with Crippen LogP contribution < -0.4 is 15.4 Å². The van der Waals surface area contributed by atoms with Crippen molar-refractivity contribution in [3.63, 3.8) is 0 Å². The van der Waals surface area contributed by atoms with Crippen molar-refractivity contribution in [2.24, 2.45) is 11.8 Å². The molecule has 3 aliphatic heterocycles. The number of rotatable bonds is 6. The Morgan fingerprint density at radius 3 is 2.63 bits per heavy atom. The van der Waals surface area contributed by atoms with Gasteiger partial charge in [-0.25, -0.2) is 0 Å². The molecule has 0 saturated carbocycles. The quantitative estimate of drug-likeness (QED) is 0.800. The average molecular weight is 373 g/mol. The van der Waals surface area contributed by atoms with E-state index in [0.717, 1.165) is 62.5 Å². The summed E-state index contributed by atoms with van der Waals surface area (Å²) in [6.07, 6.45) is 7.57. The number of aryl methyl sites for hydroxylation is 1. The molecular formula is C22H32N2O3. The Bertz CT molecular complexity index is 645. The summed E-state index contributed by atoms with van der Waals surface area (Å²) in [5.74, 6) is 2.07. The van der Waals surface area contributed by atoms with Crippen LogP contribution in [0.1, 0.15) is 50.5 Å². The van der Waals surface area contributed by atoms with Crippen LogP contribution in [0.3, 0.4) is 0 Å². The molecule has 3 fully saturated rings. The molecule has 2 bridgehead atoms. The molecule has 1 aromatic rings. The Labute approximate surface area is 162 Å². The third-order valence-electron chi connectivity index (χ3n) is 6.33. The largest absolute Gasteiger partial charge is 0.493 e. The number of anilines is 1. The zero-order valence-corrected chi connectivity index (χ0v) is 16.3. The second kappa shape index (κ2) is 8.61. The van der Waals surface area contributed by atoms with Gasteiger partial charge in [-0.2, -0.15) is 0 Å². The highest BCUT2D eigenvalue weighted by Gasteiger charge is 2.34. The van der Waals surface area contributed by atoms with E-state index in [9.17, 15) is 4.79 Å². The SMILES string of the molecule is Cc1ccc(NC(=O)CC2CC3CCC(C2)N3)cc1OCC1CCOCC1. The summed E-state index contributed by atoms with van der Waals surface area (Å²) >= 11 is 0. The smallest absolute Gasteiger partial charge is 0.224 e. The summed E-state index contributed by atoms with van der Waals surface area (Å²) < 4.78 is 11.5. The van der Waals surface area contributed by atoms with Crippen molar-refractivity contribution < 1.29 is 14.3 Å². The van der Waals surface area contributed by atoms with E-state index in [0.29, 0.717) is 30.3 Å². The van der Waals surface area contributed by atoms with Gasteiger partial charge in [0, 0.05) is 43.5 Å². The molecule has 148 valence electrons. The molecule has 2 unspecified atom stereocenters. The number of carbonyl (C=O) groups excluding carboxylic acids is 1. The Balaban J connectivity index is 1.29. The van der Waals surface area contributed by atoms with Gasteiger partial charge in [0.15, 0.2) is 0 Å². The van der Waals surface area contributed by atoms with Gasteiger partial charge in [0.2, 0.25) is 5.91 Å². The Morgan fingerprint density at radius 1 is 1.15 bits per heavy atom. The minimum atomic E-state index is 0.125. The standard InChI is InChI=1S/C22H32N2O3/c1-15-2-3-20(13-21(15)27-14-16-6-8-26-9-7-16)24-22(25)12-17-10-18-4-5-19(11-17)23-18/h2-3,13,16-19,23H,4-12,14H2,1H3,(H,24,25). The third kappa shape index (κ3) is 5.02. The Kier molecular flexibility index (Phi) is 5.98. The van der Waals surface area contributed by atoms with Gasteiger partial charge in [0.1, 0.15) is 5.75 Å². The summed E-state index contributed by atoms with van der Waals surface area (Å²) in [6.45, 7) is 4.44. The lowest BCUT2D eigenvalue weighted by molar-refractivity contribution is -0.117. The van der Waals surface area contributed by atoms with E-state index >= 15 is 0 Å². The molecule has 3 aliphatic rings. The highest BCUT2D eigenvalue weighted by molar-refractivity contribution is 5.91. The van der Waals surface area contributed by atoms with Crippen LogP contribution in [-0.2, 0) is 9.53 Å². The third-order valence-corrected chi connectivity index (χ3v) is 6.33. The summed E-state index contributed by atoms with van der Waals surface area (Å²) in [6, 6.07) is 7.23. The van der Waals surface area contributed by atoms with Gasteiger partial charge in [0.25, 0.3) is 0 Å². The zero-order valence-electron chi connectivity index (χ0n) is 16.3. The molecule has 1 aromatic carbocycles. The summed E-state index contributed by atoms with van der Waals surface area (Å²) in [7, 11) is 0. The average Bonchev–Trinajstić information content (AvgIpc) is 3.01. The molecule has 4 rings (SSSR count). The Hall–Kier alpha value is -1.59. The molecular weight excluding hydrogens is 340 g/mol. The van der Waals surface area contributed by atoms with Gasteiger partial charge in [-0.15, -0.1) is 0 Å². The fourth-order valence-electron chi connectivity index (χ4n) is 4.77. The van der Waals surface area contributed by atoms with Crippen LogP contribution in [0.5, 0.6) is 5.75 Å². The van der Waals surface area contributed by atoms with Crippen LogP contribution in [0.25, 0.3) is 0 Å². The van der Waals surface area contributed by atoms with Gasteiger partial charge >= 0.3 is 0 Å². The summed E-state index contributed by atoms with van der Waals surface area (Å²) in [4.78, 5) is 12.5. The number of piperidine rings is 1. The van der Waals surface area contributed by atoms with Crippen molar-refractivity contribution >= 4 is 11.6 Å². The van der Waals surface area contributed by atoms with Crippen LogP contribution in [-0.4, -0.2) is 37.8 Å². The number of ether oxygens (including phenoxy) is 2. The predicted octanol–water partition coefficient (Wildman–Crippen LogP) is 3.66. The first-order valence-corrected chi connectivity index (χ1v) is 10.5. The molecule has 5 nitrogen and oxygen atoms in total. The number of fused-ring (bicyclic) bond motifs is 2. The first-order valence-electron chi connectivity index (χ1n) is 10.5. The predicted molar refractivity (Wildman–Crippen MR) is 106 cm³/mol. The number of hydrogen-bond acceptors (Lipinski definition) is 4. The molecule has 0 radical (unpaired) electrons. The minimum absolute atomic E-state index is 0.125. The summed E-state index contributed by atoms with van der Waals surface area (Å²) in [5, 5.41) is 6.73. The second-order valence-corrected chi connectivity index (χ2v) is 8.57. The van der Waals surface area contributed by atoms with E-state index in [1.807, 2.05) is 18.2 Å². The molecule has 2 atom stereocenters. The molecule has 1 amide bonds. The highest BCUT2D eigenvalue weighted by atomic mass is 16.5. The maximum Gasteiger partial charge on any atom is 0.224 e. The Morgan fingerprint density at radius 2 is 1.89 bits per heavy atom. The first kappa shape index (κ1) is 18.8. The lowest BCUT2D eigenvalue weighted by Crippen LogP contribution is -2.39. The van der Waals surface area contributed by atoms with Crippen LogP contribution in [0, 0.1) is 18.8 Å². The van der Waals surface area contributed by atoms with E-state index < -0.39 is 0 Å². The van der Waals surface area contributed by atoms with Crippen molar-refractivity contribution in [3.8, 4) is 5.75 Å². The van der Waals surface area contributed by atoms with E-state index in [4.69, 9.17) is 9.47 Å². The number of benzene rings is 1. The van der Waals surface area contributed by atoms with Crippen molar-refractivity contribution in [3.05, 3.63) is 23.8 Å². The van der Waals surface area contributed by atoms with Crippen molar-refractivity contribution in [1.82, 2.24) is 5.32 Å². The number of hydrogen-bond donors (Lipinski definition) is 2. The zero-order chi connectivity index (χ0) is 18.6. The van der Waals surface area contributed by atoms with Crippen molar-refractivity contribution in [2.75, 3.05) is 25.1 Å². The molecule has 5 heteroatoms. The van der Waals surface area contributed by atoms with Crippen LogP contribution in [0.2, 0.25) is 0 Å². The second-order valence-electron chi connectivity index (χ2n) is 8.57. The highest BCUT2D eigenvalue weighted by Crippen LogP contribution is 2.33. The normalized spacial score (nSPS) is 28.1. The first-order chi connectivity index (χ1) is 13.2. The number of nitrogens with one attached hydrogen (secondary N) is 2. The van der Waals surface area contributed by atoms with Gasteiger partial charge in [-0.1, -0.05) is 6.07 Å². The van der Waals surface area contributed by atoms with E-state index in [-0.39, 0.29) is 5.91 Å². The molecule has 0 aromatic heterocycles. The fraction of sp³-hybridized carbons (Fsp3) is 0.682. The monoisotopic (exact) mass is 372 g/mol. The fourth-order valence-corrected chi connectivity index (χ4v) is 4.77. The molecule has 3 saturated heterocycles. The molecule has 0 aliphatic carbocycles. The van der Waals surface area contributed by atoms with Gasteiger partial charge < -0.3 is 20.1 Å². The minimum Gasteiger partial charge on any atom is -0.493 e. The topological polar surface area (TPSA) is 59.6 Å². The summed E-state index contributed by atoms with van der Waals surface area (Å²) in [5.41, 5.74) is 1.94. The molecule has 27 heavy (non-hydrogen) atoms.